The fraction of sp³-hybridized carbons (Fsp3) is 0.786. The molecular formula is C14H24ClN3O. The molecule has 0 radical (unpaired) electrons. The van der Waals surface area contributed by atoms with Crippen LogP contribution in [0, 0.1) is 0 Å². The van der Waals surface area contributed by atoms with Gasteiger partial charge < -0.3 is 9.72 Å². The highest BCUT2D eigenvalue weighted by Crippen LogP contribution is 2.18. The molecule has 2 heterocycles. The van der Waals surface area contributed by atoms with E-state index in [1.54, 1.807) is 0 Å². The summed E-state index contributed by atoms with van der Waals surface area (Å²) in [4.78, 5) is 9.98. The number of H-pyrrole nitrogens is 1. The Morgan fingerprint density at radius 1 is 1.53 bits per heavy atom. The summed E-state index contributed by atoms with van der Waals surface area (Å²) in [5.74, 6) is 1.01. The highest BCUT2D eigenvalue weighted by Gasteiger charge is 2.18. The fourth-order valence-corrected chi connectivity index (χ4v) is 2.69. The number of likely N-dealkylation sites (N-methyl/N-ethyl adjacent to an activating group) is 1. The van der Waals surface area contributed by atoms with Crippen LogP contribution in [0.2, 0.25) is 5.15 Å². The number of rotatable bonds is 7. The summed E-state index contributed by atoms with van der Waals surface area (Å²) in [5, 5.41) is 0.616. The summed E-state index contributed by atoms with van der Waals surface area (Å²) in [5.41, 5.74) is 1.02. The zero-order valence-electron chi connectivity index (χ0n) is 11.9. The highest BCUT2D eigenvalue weighted by atomic mass is 35.5. The van der Waals surface area contributed by atoms with Crippen molar-refractivity contribution in [1.82, 2.24) is 14.9 Å². The average molecular weight is 286 g/mol. The first kappa shape index (κ1) is 14.8. The summed E-state index contributed by atoms with van der Waals surface area (Å²) in [6.45, 7) is 4.85. The monoisotopic (exact) mass is 285 g/mol. The first-order chi connectivity index (χ1) is 9.19. The molecule has 0 bridgehead atoms. The van der Waals surface area contributed by atoms with Crippen molar-refractivity contribution >= 4 is 11.6 Å². The van der Waals surface area contributed by atoms with Crippen LogP contribution in [0.15, 0.2) is 0 Å². The van der Waals surface area contributed by atoms with Crippen LogP contribution in [0.1, 0.15) is 44.1 Å². The maximum atomic E-state index is 6.18. The van der Waals surface area contributed by atoms with E-state index in [4.69, 9.17) is 16.3 Å². The molecule has 2 rings (SSSR count). The number of nitrogens with one attached hydrogen (secondary N) is 1. The molecule has 0 spiro atoms. The Labute approximate surface area is 120 Å². The van der Waals surface area contributed by atoms with Gasteiger partial charge in [-0.25, -0.2) is 4.98 Å². The van der Waals surface area contributed by atoms with Crippen molar-refractivity contribution < 1.29 is 4.74 Å². The van der Waals surface area contributed by atoms with E-state index in [0.717, 1.165) is 44.1 Å². The largest absolute Gasteiger partial charge is 0.377 e. The van der Waals surface area contributed by atoms with Crippen LogP contribution in [0.25, 0.3) is 0 Å². The molecule has 0 unspecified atom stereocenters. The van der Waals surface area contributed by atoms with Gasteiger partial charge in [0.2, 0.25) is 0 Å². The third-order valence-electron chi connectivity index (χ3n) is 3.51. The lowest BCUT2D eigenvalue weighted by Crippen LogP contribution is -2.28. The second-order valence-electron chi connectivity index (χ2n) is 5.39. The molecule has 1 N–H and O–H groups in total. The first-order valence-corrected chi connectivity index (χ1v) is 7.60. The molecule has 4 nitrogen and oxygen atoms in total. The summed E-state index contributed by atoms with van der Waals surface area (Å²) < 4.78 is 5.65. The molecule has 1 aliphatic heterocycles. The number of nitrogens with zero attached hydrogens (tertiary/aromatic N) is 2. The molecular weight excluding hydrogens is 262 g/mol. The van der Waals surface area contributed by atoms with E-state index in [2.05, 4.69) is 28.8 Å². The molecule has 1 atom stereocenters. The lowest BCUT2D eigenvalue weighted by atomic mass is 10.2. The van der Waals surface area contributed by atoms with E-state index in [9.17, 15) is 0 Å². The van der Waals surface area contributed by atoms with Crippen LogP contribution in [0.3, 0.4) is 0 Å². The van der Waals surface area contributed by atoms with Gasteiger partial charge in [0, 0.05) is 26.1 Å². The van der Waals surface area contributed by atoms with Crippen LogP contribution >= 0.6 is 11.6 Å². The van der Waals surface area contributed by atoms with E-state index in [1.165, 1.54) is 19.3 Å². The molecule has 0 amide bonds. The Kier molecular flexibility index (Phi) is 5.67. The normalized spacial score (nSPS) is 19.5. The predicted octanol–water partition coefficient (Wildman–Crippen LogP) is 3.02. The van der Waals surface area contributed by atoms with Gasteiger partial charge in [0.15, 0.2) is 5.15 Å². The van der Waals surface area contributed by atoms with Crippen LogP contribution in [-0.2, 0) is 17.7 Å². The van der Waals surface area contributed by atoms with Gasteiger partial charge in [-0.3, -0.25) is 4.90 Å². The lowest BCUT2D eigenvalue weighted by Gasteiger charge is -2.19. The summed E-state index contributed by atoms with van der Waals surface area (Å²) in [6, 6.07) is 0. The van der Waals surface area contributed by atoms with Crippen LogP contribution in [0.5, 0.6) is 0 Å². The highest BCUT2D eigenvalue weighted by molar-refractivity contribution is 6.30. The van der Waals surface area contributed by atoms with E-state index in [-0.39, 0.29) is 0 Å². The van der Waals surface area contributed by atoms with Gasteiger partial charge in [0.1, 0.15) is 5.82 Å². The van der Waals surface area contributed by atoms with Gasteiger partial charge in [-0.05, 0) is 26.3 Å². The number of unbranched alkanes of at least 4 members (excludes halogenated alkanes) is 1. The summed E-state index contributed by atoms with van der Waals surface area (Å²) >= 11 is 6.18. The third-order valence-corrected chi connectivity index (χ3v) is 3.82. The predicted molar refractivity (Wildman–Crippen MR) is 77.5 cm³/mol. The Morgan fingerprint density at radius 2 is 2.37 bits per heavy atom. The molecule has 108 valence electrons. The quantitative estimate of drug-likeness (QED) is 0.837. The molecule has 0 saturated carbocycles. The van der Waals surface area contributed by atoms with Crippen molar-refractivity contribution in [2.45, 2.75) is 51.7 Å². The van der Waals surface area contributed by atoms with Crippen molar-refractivity contribution in [3.8, 4) is 0 Å². The number of halogens is 1. The molecule has 5 heteroatoms. The number of hydrogen-bond acceptors (Lipinski definition) is 3. The van der Waals surface area contributed by atoms with Gasteiger partial charge >= 0.3 is 0 Å². The average Bonchev–Trinajstić information content (AvgIpc) is 2.98. The number of hydrogen-bond donors (Lipinski definition) is 1. The van der Waals surface area contributed by atoms with Gasteiger partial charge in [0.05, 0.1) is 11.8 Å². The van der Waals surface area contributed by atoms with Gasteiger partial charge in [0.25, 0.3) is 0 Å². The van der Waals surface area contributed by atoms with E-state index in [1.807, 2.05) is 0 Å². The van der Waals surface area contributed by atoms with Gasteiger partial charge in [-0.2, -0.15) is 0 Å². The van der Waals surface area contributed by atoms with Crippen molar-refractivity contribution in [2.24, 2.45) is 0 Å². The molecule has 0 aliphatic carbocycles. The molecule has 1 aromatic heterocycles. The lowest BCUT2D eigenvalue weighted by molar-refractivity contribution is 0.0790. The zero-order valence-corrected chi connectivity index (χ0v) is 12.7. The van der Waals surface area contributed by atoms with E-state index >= 15 is 0 Å². The minimum atomic E-state index is 0.381. The van der Waals surface area contributed by atoms with Crippen molar-refractivity contribution in [3.63, 3.8) is 0 Å². The summed E-state index contributed by atoms with van der Waals surface area (Å²) in [7, 11) is 2.10. The van der Waals surface area contributed by atoms with Crippen molar-refractivity contribution in [3.05, 3.63) is 16.7 Å². The molecule has 19 heavy (non-hydrogen) atoms. The number of imidazole rings is 1. The fourth-order valence-electron chi connectivity index (χ4n) is 2.48. The Bertz CT molecular complexity index is 388. The Balaban J connectivity index is 1.84. The maximum absolute atomic E-state index is 6.18. The SMILES string of the molecule is CCCCc1nc(Cl)c(CN(C)C[C@H]2CCCO2)[nH]1. The zero-order chi connectivity index (χ0) is 13.7. The van der Waals surface area contributed by atoms with E-state index < -0.39 is 0 Å². The smallest absolute Gasteiger partial charge is 0.151 e. The molecule has 0 aromatic carbocycles. The van der Waals surface area contributed by atoms with Gasteiger partial charge in [-0.15, -0.1) is 0 Å². The second kappa shape index (κ2) is 7.27. The van der Waals surface area contributed by atoms with Crippen LogP contribution in [0.4, 0.5) is 0 Å². The third kappa shape index (κ3) is 4.48. The van der Waals surface area contributed by atoms with Crippen molar-refractivity contribution in [1.29, 1.82) is 0 Å². The molecule has 1 fully saturated rings. The van der Waals surface area contributed by atoms with Crippen molar-refractivity contribution in [2.75, 3.05) is 20.2 Å². The van der Waals surface area contributed by atoms with Crippen LogP contribution in [-0.4, -0.2) is 41.2 Å². The summed E-state index contributed by atoms with van der Waals surface area (Å²) in [6.07, 6.45) is 6.03. The number of aromatic amines is 1. The number of ether oxygens (including phenoxy) is 1. The minimum absolute atomic E-state index is 0.381. The molecule has 1 saturated heterocycles. The Morgan fingerprint density at radius 3 is 3.05 bits per heavy atom. The topological polar surface area (TPSA) is 41.2 Å². The van der Waals surface area contributed by atoms with E-state index in [0.29, 0.717) is 11.3 Å². The van der Waals surface area contributed by atoms with Crippen LogP contribution < -0.4 is 0 Å². The number of aryl methyl sites for hydroxylation is 1. The first-order valence-electron chi connectivity index (χ1n) is 7.22. The second-order valence-corrected chi connectivity index (χ2v) is 5.75. The number of aromatic nitrogens is 2. The molecule has 1 aromatic rings. The minimum Gasteiger partial charge on any atom is -0.377 e. The standard InChI is InChI=1S/C14H24ClN3O/c1-3-4-7-13-16-12(14(15)17-13)10-18(2)9-11-6-5-8-19-11/h11H,3-10H2,1-2H3,(H,16,17)/t11-/m1/s1. The Hall–Kier alpha value is -0.580. The maximum Gasteiger partial charge on any atom is 0.151 e. The molecule has 1 aliphatic rings. The van der Waals surface area contributed by atoms with Gasteiger partial charge in [-0.1, -0.05) is 24.9 Å².